The summed E-state index contributed by atoms with van der Waals surface area (Å²) in [5.74, 6) is 0.815. The molecule has 2 nitrogen and oxygen atoms in total. The Balaban J connectivity index is 1.78. The minimum Gasteiger partial charge on any atom is -0.386 e. The first-order valence-electron chi connectivity index (χ1n) is 6.26. The summed E-state index contributed by atoms with van der Waals surface area (Å²) in [6.45, 7) is 2.96. The van der Waals surface area contributed by atoms with Gasteiger partial charge in [-0.3, -0.25) is 0 Å². The largest absolute Gasteiger partial charge is 0.386 e. The SMILES string of the molecule is CCC1CCCC1NCC(O)c1cccs1. The van der Waals surface area contributed by atoms with Gasteiger partial charge in [-0.25, -0.2) is 0 Å². The van der Waals surface area contributed by atoms with Gasteiger partial charge in [0.1, 0.15) is 6.10 Å². The molecule has 2 N–H and O–H groups in total. The first-order chi connectivity index (χ1) is 7.81. The van der Waals surface area contributed by atoms with Crippen molar-refractivity contribution in [3.05, 3.63) is 22.4 Å². The third-order valence-electron chi connectivity index (χ3n) is 3.63. The van der Waals surface area contributed by atoms with Crippen molar-refractivity contribution in [1.82, 2.24) is 5.32 Å². The zero-order valence-electron chi connectivity index (χ0n) is 9.86. The molecule has 1 saturated carbocycles. The number of aliphatic hydroxyl groups excluding tert-OH is 1. The molecule has 0 radical (unpaired) electrons. The standard InChI is InChI=1S/C13H21NOS/c1-2-10-5-3-6-11(10)14-9-12(15)13-7-4-8-16-13/h4,7-8,10-12,14-15H,2-3,5-6,9H2,1H3. The Labute approximate surface area is 102 Å². The van der Waals surface area contributed by atoms with Gasteiger partial charge >= 0.3 is 0 Å². The van der Waals surface area contributed by atoms with Crippen molar-refractivity contribution in [2.45, 2.75) is 44.8 Å². The number of rotatable bonds is 5. The highest BCUT2D eigenvalue weighted by Gasteiger charge is 2.25. The fourth-order valence-electron chi connectivity index (χ4n) is 2.64. The quantitative estimate of drug-likeness (QED) is 0.828. The van der Waals surface area contributed by atoms with E-state index in [2.05, 4.69) is 12.2 Å². The first kappa shape index (κ1) is 12.1. The van der Waals surface area contributed by atoms with Crippen molar-refractivity contribution in [2.75, 3.05) is 6.54 Å². The molecule has 1 fully saturated rings. The van der Waals surface area contributed by atoms with Crippen LogP contribution in [0.15, 0.2) is 17.5 Å². The molecule has 0 aliphatic heterocycles. The second kappa shape index (κ2) is 5.80. The Kier molecular flexibility index (Phi) is 4.38. The van der Waals surface area contributed by atoms with Gasteiger partial charge < -0.3 is 10.4 Å². The molecule has 1 aliphatic carbocycles. The highest BCUT2D eigenvalue weighted by molar-refractivity contribution is 7.10. The van der Waals surface area contributed by atoms with Crippen molar-refractivity contribution in [2.24, 2.45) is 5.92 Å². The summed E-state index contributed by atoms with van der Waals surface area (Å²) in [6.07, 6.45) is 4.88. The van der Waals surface area contributed by atoms with E-state index in [1.54, 1.807) is 11.3 Å². The second-order valence-electron chi connectivity index (χ2n) is 4.65. The third-order valence-corrected chi connectivity index (χ3v) is 4.60. The minimum atomic E-state index is -0.335. The minimum absolute atomic E-state index is 0.335. The lowest BCUT2D eigenvalue weighted by molar-refractivity contribution is 0.169. The van der Waals surface area contributed by atoms with Crippen LogP contribution in [0.4, 0.5) is 0 Å². The third kappa shape index (κ3) is 2.84. The fraction of sp³-hybridized carbons (Fsp3) is 0.692. The molecule has 1 aromatic rings. The van der Waals surface area contributed by atoms with Crippen molar-refractivity contribution < 1.29 is 5.11 Å². The van der Waals surface area contributed by atoms with Crippen molar-refractivity contribution in [3.8, 4) is 0 Å². The molecule has 16 heavy (non-hydrogen) atoms. The summed E-state index contributed by atoms with van der Waals surface area (Å²) < 4.78 is 0. The molecule has 3 atom stereocenters. The zero-order chi connectivity index (χ0) is 11.4. The lowest BCUT2D eigenvalue weighted by atomic mass is 10.0. The summed E-state index contributed by atoms with van der Waals surface area (Å²) in [5.41, 5.74) is 0. The molecule has 3 unspecified atom stereocenters. The van der Waals surface area contributed by atoms with Gasteiger partial charge in [0, 0.05) is 17.5 Å². The molecule has 0 spiro atoms. The van der Waals surface area contributed by atoms with Crippen LogP contribution in [-0.4, -0.2) is 17.7 Å². The highest BCUT2D eigenvalue weighted by Crippen LogP contribution is 2.28. The average molecular weight is 239 g/mol. The summed E-state index contributed by atoms with van der Waals surface area (Å²) in [5, 5.41) is 15.5. The second-order valence-corrected chi connectivity index (χ2v) is 5.62. The van der Waals surface area contributed by atoms with E-state index in [9.17, 15) is 5.11 Å². The van der Waals surface area contributed by atoms with E-state index < -0.39 is 0 Å². The number of aliphatic hydroxyl groups is 1. The fourth-order valence-corrected chi connectivity index (χ4v) is 3.35. The lowest BCUT2D eigenvalue weighted by Crippen LogP contribution is -2.35. The number of nitrogens with one attached hydrogen (secondary N) is 1. The Morgan fingerprint density at radius 2 is 2.44 bits per heavy atom. The monoisotopic (exact) mass is 239 g/mol. The molecular formula is C13H21NOS. The normalized spacial score (nSPS) is 27.1. The molecule has 0 saturated heterocycles. The van der Waals surface area contributed by atoms with Crippen molar-refractivity contribution in [1.29, 1.82) is 0 Å². The predicted octanol–water partition coefficient (Wildman–Crippen LogP) is 2.95. The molecule has 1 aromatic heterocycles. The van der Waals surface area contributed by atoms with Crippen LogP contribution < -0.4 is 5.32 Å². The predicted molar refractivity (Wildman–Crippen MR) is 68.7 cm³/mol. The Bertz CT molecular complexity index is 299. The van der Waals surface area contributed by atoms with Gasteiger partial charge in [-0.2, -0.15) is 0 Å². The van der Waals surface area contributed by atoms with Gasteiger partial charge in [0.05, 0.1) is 0 Å². The summed E-state index contributed by atoms with van der Waals surface area (Å²) in [4.78, 5) is 1.07. The molecule has 90 valence electrons. The highest BCUT2D eigenvalue weighted by atomic mass is 32.1. The maximum atomic E-state index is 9.98. The van der Waals surface area contributed by atoms with Gasteiger partial charge in [-0.05, 0) is 30.2 Å². The van der Waals surface area contributed by atoms with Gasteiger partial charge in [0.15, 0.2) is 0 Å². The molecule has 0 bridgehead atoms. The average Bonchev–Trinajstić information content (AvgIpc) is 2.96. The summed E-state index contributed by atoms with van der Waals surface area (Å²) in [7, 11) is 0. The van der Waals surface area contributed by atoms with E-state index >= 15 is 0 Å². The van der Waals surface area contributed by atoms with Crippen LogP contribution in [0.5, 0.6) is 0 Å². The molecule has 2 rings (SSSR count). The lowest BCUT2D eigenvalue weighted by Gasteiger charge is -2.21. The molecule has 3 heteroatoms. The first-order valence-corrected chi connectivity index (χ1v) is 7.14. The molecule has 1 aliphatic rings. The van der Waals surface area contributed by atoms with Crippen molar-refractivity contribution >= 4 is 11.3 Å². The van der Waals surface area contributed by atoms with Gasteiger partial charge in [-0.1, -0.05) is 25.8 Å². The van der Waals surface area contributed by atoms with Crippen LogP contribution in [0.1, 0.15) is 43.6 Å². The van der Waals surface area contributed by atoms with Crippen LogP contribution >= 0.6 is 11.3 Å². The van der Waals surface area contributed by atoms with Crippen LogP contribution in [0.25, 0.3) is 0 Å². The van der Waals surface area contributed by atoms with E-state index in [0.29, 0.717) is 12.6 Å². The van der Waals surface area contributed by atoms with E-state index in [0.717, 1.165) is 10.8 Å². The smallest absolute Gasteiger partial charge is 0.101 e. The topological polar surface area (TPSA) is 32.3 Å². The molecular weight excluding hydrogens is 218 g/mol. The van der Waals surface area contributed by atoms with Crippen LogP contribution in [-0.2, 0) is 0 Å². The number of thiophene rings is 1. The van der Waals surface area contributed by atoms with Crippen LogP contribution in [0.3, 0.4) is 0 Å². The molecule has 0 amide bonds. The Morgan fingerprint density at radius 3 is 3.12 bits per heavy atom. The van der Waals surface area contributed by atoms with Crippen LogP contribution in [0, 0.1) is 5.92 Å². The number of hydrogen-bond donors (Lipinski definition) is 2. The Hall–Kier alpha value is -0.380. The summed E-state index contributed by atoms with van der Waals surface area (Å²) in [6, 6.07) is 4.62. The van der Waals surface area contributed by atoms with E-state index in [4.69, 9.17) is 0 Å². The van der Waals surface area contributed by atoms with E-state index in [-0.39, 0.29) is 6.10 Å². The van der Waals surface area contributed by atoms with Crippen LogP contribution in [0.2, 0.25) is 0 Å². The molecule has 1 heterocycles. The summed E-state index contributed by atoms with van der Waals surface area (Å²) >= 11 is 1.63. The Morgan fingerprint density at radius 1 is 1.56 bits per heavy atom. The maximum absolute atomic E-state index is 9.98. The zero-order valence-corrected chi connectivity index (χ0v) is 10.7. The van der Waals surface area contributed by atoms with Gasteiger partial charge in [-0.15, -0.1) is 11.3 Å². The van der Waals surface area contributed by atoms with E-state index in [1.807, 2.05) is 17.5 Å². The number of hydrogen-bond acceptors (Lipinski definition) is 3. The molecule has 0 aromatic carbocycles. The van der Waals surface area contributed by atoms with Crippen molar-refractivity contribution in [3.63, 3.8) is 0 Å². The maximum Gasteiger partial charge on any atom is 0.101 e. The van der Waals surface area contributed by atoms with Gasteiger partial charge in [0.25, 0.3) is 0 Å². The van der Waals surface area contributed by atoms with Gasteiger partial charge in [0.2, 0.25) is 0 Å². The van der Waals surface area contributed by atoms with E-state index in [1.165, 1.54) is 25.7 Å².